The second-order valence-corrected chi connectivity index (χ2v) is 7.39. The summed E-state index contributed by atoms with van der Waals surface area (Å²) in [5.41, 5.74) is 1.55. The Kier molecular flexibility index (Phi) is 7.20. The lowest BCUT2D eigenvalue weighted by atomic mass is 9.95. The molecule has 0 bridgehead atoms. The summed E-state index contributed by atoms with van der Waals surface area (Å²) >= 11 is 0. The fourth-order valence-corrected chi connectivity index (χ4v) is 3.75. The highest BCUT2D eigenvalue weighted by Crippen LogP contribution is 2.22. The lowest BCUT2D eigenvalue weighted by Crippen LogP contribution is -2.42. The number of amides is 2. The van der Waals surface area contributed by atoms with Crippen molar-refractivity contribution in [2.75, 3.05) is 26.7 Å². The van der Waals surface area contributed by atoms with Gasteiger partial charge in [-0.2, -0.15) is 0 Å². The van der Waals surface area contributed by atoms with E-state index in [2.05, 4.69) is 10.6 Å². The topological polar surface area (TPSA) is 61.4 Å². The highest BCUT2D eigenvalue weighted by atomic mass is 16.2. The molecule has 0 aliphatic carbocycles. The minimum Gasteiger partial charge on any atom is -0.345 e. The first kappa shape index (κ1) is 20.1. The molecule has 1 unspecified atom stereocenters. The summed E-state index contributed by atoms with van der Waals surface area (Å²) < 4.78 is 0. The summed E-state index contributed by atoms with van der Waals surface area (Å²) in [4.78, 5) is 27.5. The molecule has 1 heterocycles. The van der Waals surface area contributed by atoms with Crippen LogP contribution in [0.15, 0.2) is 60.7 Å². The van der Waals surface area contributed by atoms with Crippen molar-refractivity contribution in [2.24, 2.45) is 5.92 Å². The van der Waals surface area contributed by atoms with Gasteiger partial charge in [0.05, 0.1) is 12.5 Å². The first-order chi connectivity index (χ1) is 13.7. The monoisotopic (exact) mass is 379 g/mol. The molecule has 1 atom stereocenters. The highest BCUT2D eigenvalue weighted by Gasteiger charge is 2.26. The zero-order valence-corrected chi connectivity index (χ0v) is 16.4. The minimum absolute atomic E-state index is 0.102. The summed E-state index contributed by atoms with van der Waals surface area (Å²) in [6.45, 7) is 2.58. The number of benzene rings is 2. The van der Waals surface area contributed by atoms with Gasteiger partial charge in [-0.25, -0.2) is 0 Å². The number of hydrogen-bond acceptors (Lipinski definition) is 3. The molecule has 5 heteroatoms. The van der Waals surface area contributed by atoms with Gasteiger partial charge in [-0.1, -0.05) is 48.5 Å². The first-order valence-corrected chi connectivity index (χ1v) is 10.0. The fraction of sp³-hybridized carbons (Fsp3) is 0.391. The molecule has 148 valence electrons. The number of carbonyl (C=O) groups excluding carboxylic acids is 2. The zero-order valence-electron chi connectivity index (χ0n) is 16.4. The summed E-state index contributed by atoms with van der Waals surface area (Å²) in [5.74, 6) is 0.580. The zero-order chi connectivity index (χ0) is 19.8. The standard InChI is InChI=1S/C23H29N3O2/c1-24-17-18-12-14-26(15-13-18)22(27)16-21(19-8-4-2-5-9-19)25-23(28)20-10-6-3-7-11-20/h2-11,18,21,24H,12-17H2,1H3,(H,25,28). The van der Waals surface area contributed by atoms with Gasteiger partial charge in [0.15, 0.2) is 0 Å². The van der Waals surface area contributed by atoms with Gasteiger partial charge in [0.1, 0.15) is 0 Å². The maximum Gasteiger partial charge on any atom is 0.251 e. The van der Waals surface area contributed by atoms with E-state index in [9.17, 15) is 9.59 Å². The highest BCUT2D eigenvalue weighted by molar-refractivity contribution is 5.94. The molecule has 1 saturated heterocycles. The van der Waals surface area contributed by atoms with E-state index < -0.39 is 0 Å². The van der Waals surface area contributed by atoms with Crippen molar-refractivity contribution in [3.63, 3.8) is 0 Å². The average Bonchev–Trinajstić information content (AvgIpc) is 2.75. The second-order valence-electron chi connectivity index (χ2n) is 7.39. The Morgan fingerprint density at radius 3 is 2.21 bits per heavy atom. The number of carbonyl (C=O) groups is 2. The number of nitrogens with one attached hydrogen (secondary N) is 2. The van der Waals surface area contributed by atoms with Crippen LogP contribution in [-0.2, 0) is 4.79 Å². The average molecular weight is 380 g/mol. The molecule has 2 N–H and O–H groups in total. The number of nitrogens with zero attached hydrogens (tertiary/aromatic N) is 1. The number of likely N-dealkylation sites (tertiary alicyclic amines) is 1. The van der Waals surface area contributed by atoms with Crippen molar-refractivity contribution >= 4 is 11.8 Å². The predicted octanol–water partition coefficient (Wildman–Crippen LogP) is 3.01. The van der Waals surface area contributed by atoms with E-state index in [1.54, 1.807) is 12.1 Å². The van der Waals surface area contributed by atoms with E-state index in [0.29, 0.717) is 11.5 Å². The van der Waals surface area contributed by atoms with Crippen LogP contribution in [0.25, 0.3) is 0 Å². The molecule has 0 radical (unpaired) electrons. The van der Waals surface area contributed by atoms with Crippen molar-refractivity contribution in [1.82, 2.24) is 15.5 Å². The third kappa shape index (κ3) is 5.42. The molecule has 2 aromatic carbocycles. The van der Waals surface area contributed by atoms with E-state index in [1.807, 2.05) is 60.5 Å². The van der Waals surface area contributed by atoms with Crippen molar-refractivity contribution < 1.29 is 9.59 Å². The molecule has 2 amide bonds. The van der Waals surface area contributed by atoms with Crippen LogP contribution in [0, 0.1) is 5.92 Å². The number of rotatable bonds is 7. The SMILES string of the molecule is CNCC1CCN(C(=O)CC(NC(=O)c2ccccc2)c2ccccc2)CC1. The van der Waals surface area contributed by atoms with Gasteiger partial charge in [-0.15, -0.1) is 0 Å². The van der Waals surface area contributed by atoms with E-state index in [-0.39, 0.29) is 24.3 Å². The molecule has 0 aromatic heterocycles. The Bertz CT molecular complexity index is 756. The van der Waals surface area contributed by atoms with E-state index in [0.717, 1.165) is 38.0 Å². The fourth-order valence-electron chi connectivity index (χ4n) is 3.75. The summed E-state index contributed by atoms with van der Waals surface area (Å²) in [6, 6.07) is 18.5. The van der Waals surface area contributed by atoms with Gasteiger partial charge < -0.3 is 15.5 Å². The van der Waals surface area contributed by atoms with Crippen molar-refractivity contribution in [3.05, 3.63) is 71.8 Å². The van der Waals surface area contributed by atoms with Crippen molar-refractivity contribution in [2.45, 2.75) is 25.3 Å². The van der Waals surface area contributed by atoms with E-state index in [1.165, 1.54) is 0 Å². The summed E-state index contributed by atoms with van der Waals surface area (Å²) in [6.07, 6.45) is 2.33. The Hall–Kier alpha value is -2.66. The Morgan fingerprint density at radius 2 is 1.61 bits per heavy atom. The van der Waals surface area contributed by atoms with Gasteiger partial charge in [-0.3, -0.25) is 9.59 Å². The van der Waals surface area contributed by atoms with Crippen LogP contribution in [0.2, 0.25) is 0 Å². The second kappa shape index (κ2) is 10.0. The Morgan fingerprint density at radius 1 is 1.00 bits per heavy atom. The van der Waals surface area contributed by atoms with E-state index in [4.69, 9.17) is 0 Å². The van der Waals surface area contributed by atoms with Crippen molar-refractivity contribution in [3.8, 4) is 0 Å². The molecular formula is C23H29N3O2. The third-order valence-corrected chi connectivity index (χ3v) is 5.38. The number of hydrogen-bond donors (Lipinski definition) is 2. The summed E-state index contributed by atoms with van der Waals surface area (Å²) in [7, 11) is 1.97. The normalized spacial score (nSPS) is 15.8. The van der Waals surface area contributed by atoms with Crippen LogP contribution in [0.1, 0.15) is 41.2 Å². The van der Waals surface area contributed by atoms with Crippen LogP contribution in [0.4, 0.5) is 0 Å². The first-order valence-electron chi connectivity index (χ1n) is 10.0. The van der Waals surface area contributed by atoms with Gasteiger partial charge in [0, 0.05) is 18.7 Å². The van der Waals surface area contributed by atoms with Crippen LogP contribution in [-0.4, -0.2) is 43.4 Å². The van der Waals surface area contributed by atoms with Crippen LogP contribution >= 0.6 is 0 Å². The molecule has 1 fully saturated rings. The predicted molar refractivity (Wildman–Crippen MR) is 111 cm³/mol. The Balaban J connectivity index is 1.66. The minimum atomic E-state index is -0.337. The lowest BCUT2D eigenvalue weighted by molar-refractivity contribution is -0.133. The molecule has 1 aliphatic rings. The number of piperidine rings is 1. The molecule has 0 spiro atoms. The largest absolute Gasteiger partial charge is 0.345 e. The van der Waals surface area contributed by atoms with Gasteiger partial charge in [0.2, 0.25) is 5.91 Å². The third-order valence-electron chi connectivity index (χ3n) is 5.38. The Labute approximate surface area is 167 Å². The maximum atomic E-state index is 12.9. The molecule has 3 rings (SSSR count). The van der Waals surface area contributed by atoms with Crippen LogP contribution in [0.5, 0.6) is 0 Å². The molecular weight excluding hydrogens is 350 g/mol. The molecule has 28 heavy (non-hydrogen) atoms. The van der Waals surface area contributed by atoms with Crippen LogP contribution < -0.4 is 10.6 Å². The molecule has 1 aliphatic heterocycles. The molecule has 0 saturated carbocycles. The van der Waals surface area contributed by atoms with E-state index >= 15 is 0 Å². The smallest absolute Gasteiger partial charge is 0.251 e. The quantitative estimate of drug-likeness (QED) is 0.777. The van der Waals surface area contributed by atoms with Gasteiger partial charge >= 0.3 is 0 Å². The van der Waals surface area contributed by atoms with Gasteiger partial charge in [0.25, 0.3) is 5.91 Å². The molecule has 2 aromatic rings. The van der Waals surface area contributed by atoms with Gasteiger partial charge in [-0.05, 0) is 50.0 Å². The summed E-state index contributed by atoms with van der Waals surface area (Å²) in [5, 5.41) is 6.27. The maximum absolute atomic E-state index is 12.9. The van der Waals surface area contributed by atoms with Crippen LogP contribution in [0.3, 0.4) is 0 Å². The lowest BCUT2D eigenvalue weighted by Gasteiger charge is -2.33. The molecule has 5 nitrogen and oxygen atoms in total. The van der Waals surface area contributed by atoms with Crippen molar-refractivity contribution in [1.29, 1.82) is 0 Å².